The molecule has 0 radical (unpaired) electrons. The van der Waals surface area contributed by atoms with Crippen LogP contribution in [0.25, 0.3) is 0 Å². The van der Waals surface area contributed by atoms with E-state index in [0.29, 0.717) is 0 Å². The number of nitrogens with one attached hydrogen (secondary N) is 1. The van der Waals surface area contributed by atoms with Crippen LogP contribution in [0.2, 0.25) is 0 Å². The highest BCUT2D eigenvalue weighted by Gasteiger charge is 2.26. The first kappa shape index (κ1) is 12.4. The third kappa shape index (κ3) is 3.77. The maximum Gasteiger partial charge on any atom is 0.225 e. The Morgan fingerprint density at radius 3 is 2.31 bits per heavy atom. The Morgan fingerprint density at radius 1 is 1.46 bits per heavy atom. The first-order valence-electron chi connectivity index (χ1n) is 4.89. The number of carbonyl (C=O) groups excluding carboxylic acids is 1. The molecule has 0 aromatic heterocycles. The van der Waals surface area contributed by atoms with Gasteiger partial charge in [0.2, 0.25) is 5.91 Å². The molecule has 0 fully saturated rings. The van der Waals surface area contributed by atoms with Gasteiger partial charge < -0.3 is 10.4 Å². The largest absolute Gasteiger partial charge is 0.394 e. The van der Waals surface area contributed by atoms with Crippen molar-refractivity contribution in [3.63, 3.8) is 0 Å². The number of carbonyl (C=O) groups is 1. The summed E-state index contributed by atoms with van der Waals surface area (Å²) in [6, 6.07) is -0.0988. The van der Waals surface area contributed by atoms with Gasteiger partial charge in [0.05, 0.1) is 12.6 Å². The lowest BCUT2D eigenvalue weighted by molar-refractivity contribution is -0.130. The first-order valence-corrected chi connectivity index (χ1v) is 4.89. The van der Waals surface area contributed by atoms with E-state index >= 15 is 0 Å². The Labute approximate surface area is 80.5 Å². The maximum absolute atomic E-state index is 11.6. The summed E-state index contributed by atoms with van der Waals surface area (Å²) in [6.45, 7) is 7.76. The van der Waals surface area contributed by atoms with Crippen molar-refractivity contribution in [3.05, 3.63) is 0 Å². The van der Waals surface area contributed by atoms with Crippen LogP contribution in [0.1, 0.15) is 40.5 Å². The van der Waals surface area contributed by atoms with Gasteiger partial charge in [-0.25, -0.2) is 0 Å². The molecule has 0 unspecified atom stereocenters. The lowest BCUT2D eigenvalue weighted by atomic mass is 9.89. The van der Waals surface area contributed by atoms with Crippen LogP contribution in [0.15, 0.2) is 0 Å². The predicted octanol–water partition coefficient (Wildman–Crippen LogP) is 1.31. The molecule has 1 atom stereocenters. The van der Waals surface area contributed by atoms with Crippen molar-refractivity contribution in [2.24, 2.45) is 5.41 Å². The minimum atomic E-state index is -0.331. The minimum absolute atomic E-state index is 0.0159. The highest BCUT2D eigenvalue weighted by molar-refractivity contribution is 5.81. The van der Waals surface area contributed by atoms with E-state index in [2.05, 4.69) is 5.32 Å². The van der Waals surface area contributed by atoms with E-state index in [1.807, 2.05) is 27.7 Å². The zero-order valence-corrected chi connectivity index (χ0v) is 9.05. The Morgan fingerprint density at radius 2 is 2.00 bits per heavy atom. The lowest BCUT2D eigenvalue weighted by Gasteiger charge is -2.24. The molecule has 0 spiro atoms. The van der Waals surface area contributed by atoms with E-state index in [4.69, 9.17) is 5.11 Å². The zero-order chi connectivity index (χ0) is 10.5. The fraction of sp³-hybridized carbons (Fsp3) is 0.900. The predicted molar refractivity (Wildman–Crippen MR) is 53.4 cm³/mol. The Hall–Kier alpha value is -0.570. The molecule has 0 saturated heterocycles. The van der Waals surface area contributed by atoms with Crippen LogP contribution in [0.5, 0.6) is 0 Å². The van der Waals surface area contributed by atoms with Crippen molar-refractivity contribution in [1.29, 1.82) is 0 Å². The molecule has 0 aliphatic rings. The summed E-state index contributed by atoms with van der Waals surface area (Å²) in [5.41, 5.74) is -0.331. The van der Waals surface area contributed by atoms with Crippen molar-refractivity contribution in [3.8, 4) is 0 Å². The number of aliphatic hydroxyl groups is 1. The van der Waals surface area contributed by atoms with Gasteiger partial charge in [0.25, 0.3) is 0 Å². The molecule has 0 rings (SSSR count). The fourth-order valence-corrected chi connectivity index (χ4v) is 0.818. The normalized spacial score (nSPS) is 13.9. The van der Waals surface area contributed by atoms with E-state index in [-0.39, 0.29) is 24.0 Å². The van der Waals surface area contributed by atoms with E-state index < -0.39 is 0 Å². The molecule has 0 aliphatic carbocycles. The van der Waals surface area contributed by atoms with Gasteiger partial charge in [-0.3, -0.25) is 4.79 Å². The van der Waals surface area contributed by atoms with E-state index in [0.717, 1.165) is 12.8 Å². The monoisotopic (exact) mass is 187 g/mol. The lowest BCUT2D eigenvalue weighted by Crippen LogP contribution is -2.44. The van der Waals surface area contributed by atoms with Gasteiger partial charge in [0, 0.05) is 5.41 Å². The molecular weight excluding hydrogens is 166 g/mol. The van der Waals surface area contributed by atoms with Crippen molar-refractivity contribution >= 4 is 5.91 Å². The highest BCUT2D eigenvalue weighted by Crippen LogP contribution is 2.19. The summed E-state index contributed by atoms with van der Waals surface area (Å²) in [7, 11) is 0. The maximum atomic E-state index is 11.6. The number of rotatable bonds is 5. The molecule has 2 N–H and O–H groups in total. The van der Waals surface area contributed by atoms with Crippen LogP contribution < -0.4 is 5.32 Å². The first-order chi connectivity index (χ1) is 5.97. The van der Waals surface area contributed by atoms with Crippen LogP contribution in [-0.2, 0) is 4.79 Å². The standard InChI is InChI=1S/C10H21NO2/c1-5-8(7-12)11-9(13)10(3,4)6-2/h8,12H,5-7H2,1-4H3,(H,11,13)/t8-/m1/s1. The molecule has 1 amide bonds. The van der Waals surface area contributed by atoms with Gasteiger partial charge in [0.15, 0.2) is 0 Å². The molecule has 13 heavy (non-hydrogen) atoms. The number of aliphatic hydroxyl groups excluding tert-OH is 1. The van der Waals surface area contributed by atoms with E-state index in [1.165, 1.54) is 0 Å². The zero-order valence-electron chi connectivity index (χ0n) is 9.05. The summed E-state index contributed by atoms with van der Waals surface area (Å²) in [4.78, 5) is 11.6. The Bertz CT molecular complexity index is 162. The second-order valence-electron chi connectivity index (χ2n) is 4.00. The van der Waals surface area contributed by atoms with Crippen molar-refractivity contribution in [2.45, 2.75) is 46.6 Å². The molecule has 0 aromatic carbocycles. The third-order valence-corrected chi connectivity index (χ3v) is 2.55. The van der Waals surface area contributed by atoms with Crippen molar-refractivity contribution in [1.82, 2.24) is 5.32 Å². The van der Waals surface area contributed by atoms with Gasteiger partial charge in [-0.2, -0.15) is 0 Å². The quantitative estimate of drug-likeness (QED) is 0.681. The average Bonchev–Trinajstić information content (AvgIpc) is 2.13. The van der Waals surface area contributed by atoms with Crippen LogP contribution >= 0.6 is 0 Å². The summed E-state index contributed by atoms with van der Waals surface area (Å²) in [6.07, 6.45) is 1.57. The third-order valence-electron chi connectivity index (χ3n) is 2.55. The molecule has 0 aromatic rings. The Kier molecular flexibility index (Phi) is 4.99. The van der Waals surface area contributed by atoms with Gasteiger partial charge in [-0.1, -0.05) is 27.7 Å². The molecule has 3 heteroatoms. The second kappa shape index (κ2) is 5.22. The molecule has 3 nitrogen and oxygen atoms in total. The van der Waals surface area contributed by atoms with Crippen LogP contribution in [0, 0.1) is 5.41 Å². The summed E-state index contributed by atoms with van der Waals surface area (Å²) < 4.78 is 0. The smallest absolute Gasteiger partial charge is 0.225 e. The van der Waals surface area contributed by atoms with Gasteiger partial charge >= 0.3 is 0 Å². The number of amides is 1. The topological polar surface area (TPSA) is 49.3 Å². The molecule has 78 valence electrons. The second-order valence-corrected chi connectivity index (χ2v) is 4.00. The minimum Gasteiger partial charge on any atom is -0.394 e. The van der Waals surface area contributed by atoms with Gasteiger partial charge in [-0.05, 0) is 12.8 Å². The Balaban J connectivity index is 4.13. The van der Waals surface area contributed by atoms with E-state index in [9.17, 15) is 4.79 Å². The molecule has 0 bridgehead atoms. The molecule has 0 heterocycles. The van der Waals surface area contributed by atoms with Crippen molar-refractivity contribution in [2.75, 3.05) is 6.61 Å². The summed E-state index contributed by atoms with van der Waals surface area (Å²) in [5.74, 6) is 0.0240. The molecular formula is C10H21NO2. The van der Waals surface area contributed by atoms with Gasteiger partial charge in [-0.15, -0.1) is 0 Å². The van der Waals surface area contributed by atoms with Crippen LogP contribution in [-0.4, -0.2) is 23.7 Å². The highest BCUT2D eigenvalue weighted by atomic mass is 16.3. The van der Waals surface area contributed by atoms with Gasteiger partial charge in [0.1, 0.15) is 0 Å². The number of hydrogen-bond acceptors (Lipinski definition) is 2. The fourth-order valence-electron chi connectivity index (χ4n) is 0.818. The van der Waals surface area contributed by atoms with E-state index in [1.54, 1.807) is 0 Å². The molecule has 0 aliphatic heterocycles. The summed E-state index contributed by atoms with van der Waals surface area (Å²) in [5, 5.41) is 11.7. The summed E-state index contributed by atoms with van der Waals surface area (Å²) >= 11 is 0. The SMILES string of the molecule is CC[C@H](CO)NC(=O)C(C)(C)CC. The average molecular weight is 187 g/mol. The van der Waals surface area contributed by atoms with Crippen LogP contribution in [0.3, 0.4) is 0 Å². The molecule has 0 saturated carbocycles. The van der Waals surface area contributed by atoms with Crippen LogP contribution in [0.4, 0.5) is 0 Å². The number of hydrogen-bond donors (Lipinski definition) is 2. The van der Waals surface area contributed by atoms with Crippen molar-refractivity contribution < 1.29 is 9.90 Å².